The molecule has 0 spiro atoms. The van der Waals surface area contributed by atoms with Crippen molar-refractivity contribution in [1.29, 1.82) is 0 Å². The first-order valence-corrected chi connectivity index (χ1v) is 8.60. The van der Waals surface area contributed by atoms with E-state index in [0.717, 1.165) is 11.3 Å². The summed E-state index contributed by atoms with van der Waals surface area (Å²) >= 11 is 0. The van der Waals surface area contributed by atoms with Gasteiger partial charge in [-0.3, -0.25) is 4.79 Å². The molecule has 2 atom stereocenters. The molecule has 1 fully saturated rings. The van der Waals surface area contributed by atoms with Crippen LogP contribution in [0.1, 0.15) is 24.3 Å². The van der Waals surface area contributed by atoms with Crippen molar-refractivity contribution in [2.75, 3.05) is 18.1 Å². The fourth-order valence-corrected chi connectivity index (χ4v) is 4.50. The summed E-state index contributed by atoms with van der Waals surface area (Å²) in [6, 6.07) is 7.26. The summed E-state index contributed by atoms with van der Waals surface area (Å²) in [5.41, 5.74) is 0.886. The Morgan fingerprint density at radius 3 is 2.80 bits per heavy atom. The fraction of sp³-hybridized carbons (Fsp3) is 0.500. The molecule has 20 heavy (non-hydrogen) atoms. The van der Waals surface area contributed by atoms with Crippen molar-refractivity contribution in [2.24, 2.45) is 0 Å². The van der Waals surface area contributed by atoms with Gasteiger partial charge in [-0.1, -0.05) is 18.2 Å². The topological polar surface area (TPSA) is 72.5 Å². The molecule has 0 saturated carbocycles. The zero-order chi connectivity index (χ0) is 14.2. The van der Waals surface area contributed by atoms with E-state index in [4.69, 9.17) is 4.74 Å². The summed E-state index contributed by atoms with van der Waals surface area (Å²) in [4.78, 5) is 12.4. The summed E-state index contributed by atoms with van der Waals surface area (Å²) in [6.07, 6.45) is 1.14. The average molecular weight is 295 g/mol. The first-order chi connectivity index (χ1) is 9.55. The van der Waals surface area contributed by atoms with E-state index in [1.807, 2.05) is 24.3 Å². The Hall–Kier alpha value is -1.56. The van der Waals surface area contributed by atoms with Crippen molar-refractivity contribution in [3.05, 3.63) is 29.8 Å². The van der Waals surface area contributed by atoms with Crippen LogP contribution in [-0.2, 0) is 14.6 Å². The van der Waals surface area contributed by atoms with Crippen LogP contribution in [0, 0.1) is 0 Å². The van der Waals surface area contributed by atoms with E-state index >= 15 is 0 Å². The highest BCUT2D eigenvalue weighted by atomic mass is 32.2. The third-order valence-corrected chi connectivity index (χ3v) is 5.62. The number of fused-ring (bicyclic) bond motifs is 1. The molecular weight excluding hydrogens is 278 g/mol. The molecule has 108 valence electrons. The highest BCUT2D eigenvalue weighted by molar-refractivity contribution is 7.91. The van der Waals surface area contributed by atoms with E-state index in [1.54, 1.807) is 0 Å². The number of ether oxygens (including phenoxy) is 1. The van der Waals surface area contributed by atoms with Crippen LogP contribution in [0.5, 0.6) is 5.75 Å². The number of amides is 1. The summed E-state index contributed by atoms with van der Waals surface area (Å²) in [6.45, 7) is 0.512. The van der Waals surface area contributed by atoms with Gasteiger partial charge in [0.1, 0.15) is 5.75 Å². The van der Waals surface area contributed by atoms with Gasteiger partial charge in [0.25, 0.3) is 0 Å². The second-order valence-electron chi connectivity index (χ2n) is 5.34. The van der Waals surface area contributed by atoms with Crippen LogP contribution in [0.2, 0.25) is 0 Å². The number of hydrogen-bond acceptors (Lipinski definition) is 4. The molecule has 3 rings (SSSR count). The normalized spacial score (nSPS) is 27.4. The van der Waals surface area contributed by atoms with Gasteiger partial charge in [0, 0.05) is 11.6 Å². The van der Waals surface area contributed by atoms with Crippen molar-refractivity contribution in [3.8, 4) is 5.75 Å². The molecule has 1 aromatic carbocycles. The maximum absolute atomic E-state index is 12.4. The quantitative estimate of drug-likeness (QED) is 0.878. The van der Waals surface area contributed by atoms with Gasteiger partial charge in [-0.15, -0.1) is 0 Å². The molecule has 1 aromatic rings. The zero-order valence-electron chi connectivity index (χ0n) is 11.0. The molecule has 0 radical (unpaired) electrons. The molecule has 5 nitrogen and oxygen atoms in total. The second-order valence-corrected chi connectivity index (χ2v) is 7.56. The number of para-hydroxylation sites is 1. The van der Waals surface area contributed by atoms with Crippen molar-refractivity contribution in [1.82, 2.24) is 5.32 Å². The second kappa shape index (κ2) is 5.09. The van der Waals surface area contributed by atoms with Gasteiger partial charge < -0.3 is 10.1 Å². The molecule has 0 bridgehead atoms. The number of benzene rings is 1. The zero-order valence-corrected chi connectivity index (χ0v) is 11.9. The SMILES string of the molecule is O=C(NC1CCS(=O)(=O)C1)C1CCOc2ccccc21. The lowest BCUT2D eigenvalue weighted by Crippen LogP contribution is -2.40. The van der Waals surface area contributed by atoms with Crippen LogP contribution in [0.25, 0.3) is 0 Å². The molecule has 0 aromatic heterocycles. The highest BCUT2D eigenvalue weighted by Crippen LogP contribution is 2.33. The third-order valence-electron chi connectivity index (χ3n) is 3.85. The Bertz CT molecular complexity index is 626. The number of nitrogens with one attached hydrogen (secondary N) is 1. The van der Waals surface area contributed by atoms with Gasteiger partial charge in [-0.2, -0.15) is 0 Å². The van der Waals surface area contributed by atoms with E-state index in [0.29, 0.717) is 19.4 Å². The van der Waals surface area contributed by atoms with Gasteiger partial charge in [-0.05, 0) is 18.9 Å². The molecule has 0 aliphatic carbocycles. The largest absolute Gasteiger partial charge is 0.493 e. The van der Waals surface area contributed by atoms with Gasteiger partial charge in [-0.25, -0.2) is 8.42 Å². The van der Waals surface area contributed by atoms with Crippen LogP contribution in [0.3, 0.4) is 0 Å². The van der Waals surface area contributed by atoms with Crippen LogP contribution in [0.15, 0.2) is 24.3 Å². The number of carbonyl (C=O) groups excluding carboxylic acids is 1. The fourth-order valence-electron chi connectivity index (χ4n) is 2.83. The number of rotatable bonds is 2. The average Bonchev–Trinajstić information content (AvgIpc) is 2.77. The van der Waals surface area contributed by atoms with Crippen molar-refractivity contribution < 1.29 is 17.9 Å². The minimum absolute atomic E-state index is 0.0591. The summed E-state index contributed by atoms with van der Waals surface area (Å²) in [5, 5.41) is 2.87. The van der Waals surface area contributed by atoms with Gasteiger partial charge in [0.2, 0.25) is 5.91 Å². The van der Waals surface area contributed by atoms with Gasteiger partial charge in [0.15, 0.2) is 9.84 Å². The van der Waals surface area contributed by atoms with Crippen molar-refractivity contribution in [3.63, 3.8) is 0 Å². The smallest absolute Gasteiger partial charge is 0.228 e. The van der Waals surface area contributed by atoms with Gasteiger partial charge >= 0.3 is 0 Å². The number of sulfone groups is 1. The maximum Gasteiger partial charge on any atom is 0.228 e. The lowest BCUT2D eigenvalue weighted by atomic mass is 9.92. The highest BCUT2D eigenvalue weighted by Gasteiger charge is 2.33. The first-order valence-electron chi connectivity index (χ1n) is 6.78. The van der Waals surface area contributed by atoms with Crippen LogP contribution < -0.4 is 10.1 Å². The van der Waals surface area contributed by atoms with Crippen molar-refractivity contribution in [2.45, 2.75) is 24.8 Å². The Kier molecular flexibility index (Phi) is 3.41. The molecule has 2 unspecified atom stereocenters. The minimum Gasteiger partial charge on any atom is -0.493 e. The molecule has 1 saturated heterocycles. The van der Waals surface area contributed by atoms with Crippen LogP contribution >= 0.6 is 0 Å². The Balaban J connectivity index is 1.73. The number of hydrogen-bond donors (Lipinski definition) is 1. The van der Waals surface area contributed by atoms with Crippen LogP contribution in [0.4, 0.5) is 0 Å². The summed E-state index contributed by atoms with van der Waals surface area (Å²) in [5.74, 6) is 0.635. The predicted molar refractivity (Wildman–Crippen MR) is 74.5 cm³/mol. The molecule has 2 aliphatic heterocycles. The Morgan fingerprint density at radius 1 is 1.25 bits per heavy atom. The number of carbonyl (C=O) groups is 1. The van der Waals surface area contributed by atoms with E-state index in [1.165, 1.54) is 0 Å². The third kappa shape index (κ3) is 2.65. The molecule has 2 heterocycles. The van der Waals surface area contributed by atoms with E-state index in [2.05, 4.69) is 5.32 Å². The molecule has 2 aliphatic rings. The van der Waals surface area contributed by atoms with Crippen LogP contribution in [-0.4, -0.2) is 38.5 Å². The molecule has 1 amide bonds. The predicted octanol–water partition coefficient (Wildman–Crippen LogP) is 0.856. The van der Waals surface area contributed by atoms with Crippen molar-refractivity contribution >= 4 is 15.7 Å². The first kappa shape index (κ1) is 13.4. The Labute approximate surface area is 118 Å². The lowest BCUT2D eigenvalue weighted by molar-refractivity contribution is -0.123. The monoisotopic (exact) mass is 295 g/mol. The van der Waals surface area contributed by atoms with E-state index < -0.39 is 9.84 Å². The standard InChI is InChI=1S/C14H17NO4S/c16-14(15-10-6-8-20(17,18)9-10)12-5-7-19-13-4-2-1-3-11(12)13/h1-4,10,12H,5-9H2,(H,15,16). The van der Waals surface area contributed by atoms with E-state index in [9.17, 15) is 13.2 Å². The lowest BCUT2D eigenvalue weighted by Gasteiger charge is -2.26. The van der Waals surface area contributed by atoms with Gasteiger partial charge in [0.05, 0.1) is 24.0 Å². The molecule has 1 N–H and O–H groups in total. The summed E-state index contributed by atoms with van der Waals surface area (Å²) in [7, 11) is -2.97. The molecular formula is C14H17NO4S. The summed E-state index contributed by atoms with van der Waals surface area (Å²) < 4.78 is 28.4. The Morgan fingerprint density at radius 2 is 2.05 bits per heavy atom. The minimum atomic E-state index is -2.97. The maximum atomic E-state index is 12.4. The molecule has 6 heteroatoms. The van der Waals surface area contributed by atoms with E-state index in [-0.39, 0.29) is 29.4 Å².